The second-order valence-electron chi connectivity index (χ2n) is 5.91. The van der Waals surface area contributed by atoms with Gasteiger partial charge in [-0.05, 0) is 37.3 Å². The molecule has 1 aromatic heterocycles. The van der Waals surface area contributed by atoms with Crippen LogP contribution in [0.1, 0.15) is 62.4 Å². The number of amides is 1. The average molecular weight is 289 g/mol. The third-order valence-corrected chi connectivity index (χ3v) is 4.12. The Kier molecular flexibility index (Phi) is 6.51. The summed E-state index contributed by atoms with van der Waals surface area (Å²) in [6.45, 7) is 3.78. The van der Waals surface area contributed by atoms with Crippen LogP contribution in [0.15, 0.2) is 18.3 Å². The molecule has 0 spiro atoms. The molecule has 0 aliphatic heterocycles. The molecule has 4 nitrogen and oxygen atoms in total. The average Bonchev–Trinajstić information content (AvgIpc) is 3.03. The lowest BCUT2D eigenvalue weighted by atomic mass is 10.0. The lowest BCUT2D eigenvalue weighted by Gasteiger charge is -2.10. The van der Waals surface area contributed by atoms with Crippen LogP contribution in [0, 0.1) is 5.92 Å². The summed E-state index contributed by atoms with van der Waals surface area (Å²) < 4.78 is 0. The third kappa shape index (κ3) is 5.37. The normalized spacial score (nSPS) is 15.1. The first-order valence-corrected chi connectivity index (χ1v) is 8.27. The van der Waals surface area contributed by atoms with Gasteiger partial charge < -0.3 is 10.6 Å². The van der Waals surface area contributed by atoms with E-state index in [1.165, 1.54) is 32.1 Å². The highest BCUT2D eigenvalue weighted by Crippen LogP contribution is 2.28. The Morgan fingerprint density at radius 3 is 2.90 bits per heavy atom. The summed E-state index contributed by atoms with van der Waals surface area (Å²) in [5.41, 5.74) is 1.46. The molecule has 2 rings (SSSR count). The summed E-state index contributed by atoms with van der Waals surface area (Å²) >= 11 is 0. The van der Waals surface area contributed by atoms with E-state index in [4.69, 9.17) is 0 Å². The number of nitrogens with zero attached hydrogens (tertiary/aromatic N) is 1. The van der Waals surface area contributed by atoms with Gasteiger partial charge in [-0.3, -0.25) is 9.78 Å². The number of carbonyl (C=O) groups excluding carboxylic acids is 1. The van der Waals surface area contributed by atoms with Gasteiger partial charge in [-0.1, -0.05) is 32.6 Å². The topological polar surface area (TPSA) is 54.0 Å². The molecule has 4 heteroatoms. The molecule has 0 atom stereocenters. The van der Waals surface area contributed by atoms with E-state index in [9.17, 15) is 4.79 Å². The molecule has 1 aliphatic rings. The maximum Gasteiger partial charge on any atom is 0.269 e. The molecule has 1 heterocycles. The molecule has 1 fully saturated rings. The van der Waals surface area contributed by atoms with Gasteiger partial charge in [-0.2, -0.15) is 0 Å². The summed E-state index contributed by atoms with van der Waals surface area (Å²) in [5, 5.41) is 6.25. The van der Waals surface area contributed by atoms with Crippen molar-refractivity contribution in [1.82, 2.24) is 10.3 Å². The molecular weight excluding hydrogens is 262 g/mol. The number of anilines is 1. The Balaban J connectivity index is 1.71. The lowest BCUT2D eigenvalue weighted by Crippen LogP contribution is -2.25. The van der Waals surface area contributed by atoms with Gasteiger partial charge in [0.2, 0.25) is 0 Å². The number of nitrogens with one attached hydrogen (secondary N) is 2. The van der Waals surface area contributed by atoms with Crippen LogP contribution in [-0.4, -0.2) is 24.0 Å². The van der Waals surface area contributed by atoms with Crippen molar-refractivity contribution in [3.05, 3.63) is 24.0 Å². The van der Waals surface area contributed by atoms with Crippen LogP contribution >= 0.6 is 0 Å². The second-order valence-corrected chi connectivity index (χ2v) is 5.91. The molecule has 1 aromatic rings. The Morgan fingerprint density at radius 1 is 1.33 bits per heavy atom. The van der Waals surface area contributed by atoms with Gasteiger partial charge in [0.25, 0.3) is 5.91 Å². The summed E-state index contributed by atoms with van der Waals surface area (Å²) in [4.78, 5) is 16.2. The van der Waals surface area contributed by atoms with Crippen LogP contribution in [0.4, 0.5) is 5.69 Å². The van der Waals surface area contributed by atoms with E-state index >= 15 is 0 Å². The maximum absolute atomic E-state index is 12.1. The van der Waals surface area contributed by atoms with E-state index in [2.05, 4.69) is 22.5 Å². The Bertz CT molecular complexity index is 441. The molecule has 0 radical (unpaired) electrons. The van der Waals surface area contributed by atoms with Crippen LogP contribution in [0.2, 0.25) is 0 Å². The van der Waals surface area contributed by atoms with Gasteiger partial charge in [-0.25, -0.2) is 0 Å². The fourth-order valence-corrected chi connectivity index (χ4v) is 2.92. The van der Waals surface area contributed by atoms with Crippen molar-refractivity contribution in [3.8, 4) is 0 Å². The van der Waals surface area contributed by atoms with Crippen molar-refractivity contribution in [2.75, 3.05) is 18.4 Å². The molecule has 0 unspecified atom stereocenters. The van der Waals surface area contributed by atoms with Crippen molar-refractivity contribution in [2.45, 2.75) is 51.9 Å². The van der Waals surface area contributed by atoms with Gasteiger partial charge >= 0.3 is 0 Å². The van der Waals surface area contributed by atoms with Gasteiger partial charge in [-0.15, -0.1) is 0 Å². The summed E-state index contributed by atoms with van der Waals surface area (Å²) in [5.74, 6) is 0.822. The molecule has 21 heavy (non-hydrogen) atoms. The number of carbonyl (C=O) groups is 1. The minimum absolute atomic E-state index is 0.0680. The predicted molar refractivity (Wildman–Crippen MR) is 86.5 cm³/mol. The molecule has 2 N–H and O–H groups in total. The quantitative estimate of drug-likeness (QED) is 0.719. The Labute approximate surface area is 127 Å². The highest BCUT2D eigenvalue weighted by Gasteiger charge is 2.14. The van der Waals surface area contributed by atoms with E-state index in [1.807, 2.05) is 12.1 Å². The highest BCUT2D eigenvalue weighted by atomic mass is 16.1. The molecular formula is C17H27N3O. The molecule has 0 bridgehead atoms. The van der Waals surface area contributed by atoms with Crippen molar-refractivity contribution in [2.24, 2.45) is 5.92 Å². The monoisotopic (exact) mass is 289 g/mol. The Morgan fingerprint density at radius 2 is 2.14 bits per heavy atom. The molecule has 0 aromatic carbocycles. The van der Waals surface area contributed by atoms with Crippen molar-refractivity contribution < 1.29 is 4.79 Å². The molecule has 0 saturated heterocycles. The highest BCUT2D eigenvalue weighted by molar-refractivity contribution is 5.93. The van der Waals surface area contributed by atoms with Crippen LogP contribution < -0.4 is 10.6 Å². The predicted octanol–water partition coefficient (Wildman–Crippen LogP) is 3.60. The van der Waals surface area contributed by atoms with Crippen LogP contribution in [0.3, 0.4) is 0 Å². The van der Waals surface area contributed by atoms with Gasteiger partial charge in [0.15, 0.2) is 0 Å². The molecule has 1 amide bonds. The standard InChI is InChI=1S/C17H27N3O/c1-2-10-18-15-9-12-19-16(13-15)17(21)20-11-5-8-14-6-3-4-7-14/h9,12-14H,2-8,10-11H2,1H3,(H,18,19)(H,20,21). The van der Waals surface area contributed by atoms with E-state index in [0.717, 1.165) is 37.5 Å². The van der Waals surface area contributed by atoms with E-state index < -0.39 is 0 Å². The SMILES string of the molecule is CCCNc1ccnc(C(=O)NCCCC2CCCC2)c1. The largest absolute Gasteiger partial charge is 0.385 e. The van der Waals surface area contributed by atoms with Crippen LogP contribution in [-0.2, 0) is 0 Å². The minimum atomic E-state index is -0.0680. The van der Waals surface area contributed by atoms with Gasteiger partial charge in [0.05, 0.1) is 0 Å². The maximum atomic E-state index is 12.1. The number of hydrogen-bond acceptors (Lipinski definition) is 3. The smallest absolute Gasteiger partial charge is 0.269 e. The van der Waals surface area contributed by atoms with Crippen LogP contribution in [0.5, 0.6) is 0 Å². The first-order valence-electron chi connectivity index (χ1n) is 8.27. The zero-order chi connectivity index (χ0) is 14.9. The van der Waals surface area contributed by atoms with Crippen molar-refractivity contribution in [3.63, 3.8) is 0 Å². The fraction of sp³-hybridized carbons (Fsp3) is 0.647. The first kappa shape index (κ1) is 15.8. The number of rotatable bonds is 8. The van der Waals surface area contributed by atoms with Crippen LogP contribution in [0.25, 0.3) is 0 Å². The molecule has 1 saturated carbocycles. The molecule has 116 valence electrons. The van der Waals surface area contributed by atoms with Gasteiger partial charge in [0.1, 0.15) is 5.69 Å². The van der Waals surface area contributed by atoms with Gasteiger partial charge in [0, 0.05) is 25.0 Å². The second kappa shape index (κ2) is 8.65. The van der Waals surface area contributed by atoms with Crippen molar-refractivity contribution in [1.29, 1.82) is 0 Å². The number of aromatic nitrogens is 1. The van der Waals surface area contributed by atoms with E-state index in [0.29, 0.717) is 5.69 Å². The lowest BCUT2D eigenvalue weighted by molar-refractivity contribution is 0.0947. The zero-order valence-corrected chi connectivity index (χ0v) is 13.0. The number of pyridine rings is 1. The fourth-order valence-electron chi connectivity index (χ4n) is 2.92. The Hall–Kier alpha value is -1.58. The molecule has 1 aliphatic carbocycles. The third-order valence-electron chi connectivity index (χ3n) is 4.12. The number of hydrogen-bond donors (Lipinski definition) is 2. The van der Waals surface area contributed by atoms with E-state index in [1.54, 1.807) is 6.20 Å². The summed E-state index contributed by atoms with van der Waals surface area (Å²) in [6, 6.07) is 3.72. The summed E-state index contributed by atoms with van der Waals surface area (Å²) in [7, 11) is 0. The first-order chi connectivity index (χ1) is 10.3. The zero-order valence-electron chi connectivity index (χ0n) is 13.0. The minimum Gasteiger partial charge on any atom is -0.385 e. The van der Waals surface area contributed by atoms with Crippen molar-refractivity contribution >= 4 is 11.6 Å². The van der Waals surface area contributed by atoms with E-state index in [-0.39, 0.29) is 5.91 Å². The summed E-state index contributed by atoms with van der Waals surface area (Å²) in [6.07, 6.45) is 10.6.